The van der Waals surface area contributed by atoms with Crippen molar-refractivity contribution >= 4 is 0 Å². The lowest BCUT2D eigenvalue weighted by Crippen LogP contribution is -2.10. The molecule has 0 bridgehead atoms. The molecule has 0 radical (unpaired) electrons. The van der Waals surface area contributed by atoms with Crippen molar-refractivity contribution in [2.45, 2.75) is 39.5 Å². The maximum atomic E-state index is 5.69. The Morgan fingerprint density at radius 3 is 2.79 bits per heavy atom. The number of aryl methyl sites for hydroxylation is 2. The SMILES string of the molecule is Cc1cc(C(C)C)cc2c1OCCC2. The fraction of sp³-hybridized carbons (Fsp3) is 0.538. The topological polar surface area (TPSA) is 9.23 Å². The lowest BCUT2D eigenvalue weighted by molar-refractivity contribution is 0.286. The van der Waals surface area contributed by atoms with Crippen LogP contribution in [0.25, 0.3) is 0 Å². The highest BCUT2D eigenvalue weighted by Gasteiger charge is 2.14. The van der Waals surface area contributed by atoms with Gasteiger partial charge >= 0.3 is 0 Å². The van der Waals surface area contributed by atoms with Gasteiger partial charge in [-0.1, -0.05) is 26.0 Å². The van der Waals surface area contributed by atoms with E-state index >= 15 is 0 Å². The van der Waals surface area contributed by atoms with E-state index in [1.807, 2.05) is 0 Å². The predicted molar refractivity (Wildman–Crippen MR) is 59.1 cm³/mol. The lowest BCUT2D eigenvalue weighted by Gasteiger charge is -2.21. The highest BCUT2D eigenvalue weighted by atomic mass is 16.5. The fourth-order valence-electron chi connectivity index (χ4n) is 2.04. The van der Waals surface area contributed by atoms with Crippen LogP contribution < -0.4 is 4.74 Å². The van der Waals surface area contributed by atoms with Crippen LogP contribution in [0.4, 0.5) is 0 Å². The third-order valence-electron chi connectivity index (χ3n) is 2.88. The van der Waals surface area contributed by atoms with Gasteiger partial charge < -0.3 is 4.74 Å². The zero-order chi connectivity index (χ0) is 10.1. The number of benzene rings is 1. The van der Waals surface area contributed by atoms with Gasteiger partial charge in [0.15, 0.2) is 0 Å². The lowest BCUT2D eigenvalue weighted by atomic mass is 9.94. The Morgan fingerprint density at radius 2 is 2.07 bits per heavy atom. The van der Waals surface area contributed by atoms with Gasteiger partial charge in [-0.05, 0) is 42.4 Å². The van der Waals surface area contributed by atoms with Crippen molar-refractivity contribution < 1.29 is 4.74 Å². The van der Waals surface area contributed by atoms with Crippen molar-refractivity contribution in [1.82, 2.24) is 0 Å². The van der Waals surface area contributed by atoms with Crippen molar-refractivity contribution in [3.05, 3.63) is 28.8 Å². The van der Waals surface area contributed by atoms with E-state index < -0.39 is 0 Å². The van der Waals surface area contributed by atoms with Crippen LogP contribution in [0.1, 0.15) is 42.9 Å². The molecule has 0 unspecified atom stereocenters. The number of hydrogen-bond acceptors (Lipinski definition) is 1. The summed E-state index contributed by atoms with van der Waals surface area (Å²) in [5, 5.41) is 0. The van der Waals surface area contributed by atoms with Crippen LogP contribution in [0.5, 0.6) is 5.75 Å². The van der Waals surface area contributed by atoms with E-state index in [1.165, 1.54) is 23.1 Å². The molecular weight excluding hydrogens is 172 g/mol. The van der Waals surface area contributed by atoms with Gasteiger partial charge in [-0.15, -0.1) is 0 Å². The molecule has 1 heterocycles. The van der Waals surface area contributed by atoms with Crippen molar-refractivity contribution in [1.29, 1.82) is 0 Å². The zero-order valence-electron chi connectivity index (χ0n) is 9.26. The minimum Gasteiger partial charge on any atom is -0.493 e. The molecule has 76 valence electrons. The molecule has 1 nitrogen and oxygen atoms in total. The molecule has 2 rings (SSSR count). The second-order valence-corrected chi connectivity index (χ2v) is 4.43. The van der Waals surface area contributed by atoms with Crippen LogP contribution in [0, 0.1) is 6.92 Å². The van der Waals surface area contributed by atoms with E-state index in [9.17, 15) is 0 Å². The van der Waals surface area contributed by atoms with Gasteiger partial charge in [0.2, 0.25) is 0 Å². The Balaban J connectivity index is 2.46. The molecule has 0 spiro atoms. The normalized spacial score (nSPS) is 15.1. The van der Waals surface area contributed by atoms with E-state index in [0.29, 0.717) is 5.92 Å². The Kier molecular flexibility index (Phi) is 2.49. The van der Waals surface area contributed by atoms with Crippen LogP contribution in [0.3, 0.4) is 0 Å². The standard InChI is InChI=1S/C13H18O/c1-9(2)12-7-10(3)13-11(8-12)5-4-6-14-13/h7-9H,4-6H2,1-3H3. The van der Waals surface area contributed by atoms with Gasteiger partial charge in [0.1, 0.15) is 5.75 Å². The molecule has 0 N–H and O–H groups in total. The first-order valence-corrected chi connectivity index (χ1v) is 5.44. The zero-order valence-corrected chi connectivity index (χ0v) is 9.26. The van der Waals surface area contributed by atoms with Gasteiger partial charge in [-0.3, -0.25) is 0 Å². The highest BCUT2D eigenvalue weighted by Crippen LogP contribution is 2.31. The van der Waals surface area contributed by atoms with E-state index in [2.05, 4.69) is 32.9 Å². The molecule has 1 aromatic carbocycles. The quantitative estimate of drug-likeness (QED) is 0.659. The van der Waals surface area contributed by atoms with Gasteiger partial charge in [0.05, 0.1) is 6.61 Å². The summed E-state index contributed by atoms with van der Waals surface area (Å²) in [4.78, 5) is 0. The molecule has 0 saturated carbocycles. The second-order valence-electron chi connectivity index (χ2n) is 4.43. The molecule has 0 fully saturated rings. The van der Waals surface area contributed by atoms with Crippen molar-refractivity contribution in [2.24, 2.45) is 0 Å². The molecule has 14 heavy (non-hydrogen) atoms. The van der Waals surface area contributed by atoms with Crippen molar-refractivity contribution in [2.75, 3.05) is 6.61 Å². The Hall–Kier alpha value is -0.980. The van der Waals surface area contributed by atoms with Crippen molar-refractivity contribution in [3.63, 3.8) is 0 Å². The van der Waals surface area contributed by atoms with Crippen LogP contribution >= 0.6 is 0 Å². The summed E-state index contributed by atoms with van der Waals surface area (Å²) in [5.74, 6) is 1.75. The summed E-state index contributed by atoms with van der Waals surface area (Å²) in [6.07, 6.45) is 2.34. The third-order valence-corrected chi connectivity index (χ3v) is 2.88. The summed E-state index contributed by atoms with van der Waals surface area (Å²) in [6, 6.07) is 4.57. The molecule has 1 aliphatic rings. The molecule has 0 amide bonds. The van der Waals surface area contributed by atoms with Crippen molar-refractivity contribution in [3.8, 4) is 5.75 Å². The summed E-state index contributed by atoms with van der Waals surface area (Å²) in [6.45, 7) is 7.51. The fourth-order valence-corrected chi connectivity index (χ4v) is 2.04. The first kappa shape index (κ1) is 9.57. The van der Waals surface area contributed by atoms with E-state index in [0.717, 1.165) is 18.8 Å². The molecule has 0 aliphatic carbocycles. The molecule has 1 aromatic rings. The van der Waals surface area contributed by atoms with Gasteiger partial charge in [0, 0.05) is 0 Å². The number of hydrogen-bond donors (Lipinski definition) is 0. The minimum absolute atomic E-state index is 0.612. The average molecular weight is 190 g/mol. The van der Waals surface area contributed by atoms with E-state index in [1.54, 1.807) is 0 Å². The molecule has 1 heteroatoms. The molecule has 0 saturated heterocycles. The number of rotatable bonds is 1. The Labute approximate surface area is 86.1 Å². The second kappa shape index (κ2) is 3.64. The first-order valence-electron chi connectivity index (χ1n) is 5.44. The molecular formula is C13H18O. The summed E-state index contributed by atoms with van der Waals surface area (Å²) in [7, 11) is 0. The first-order chi connectivity index (χ1) is 6.68. The highest BCUT2D eigenvalue weighted by molar-refractivity contribution is 5.45. The van der Waals surface area contributed by atoms with Gasteiger partial charge in [-0.25, -0.2) is 0 Å². The summed E-state index contributed by atoms with van der Waals surface area (Å²) >= 11 is 0. The summed E-state index contributed by atoms with van der Waals surface area (Å²) in [5.41, 5.74) is 4.14. The number of fused-ring (bicyclic) bond motifs is 1. The average Bonchev–Trinajstić information content (AvgIpc) is 2.17. The van der Waals surface area contributed by atoms with Crippen LogP contribution in [0.2, 0.25) is 0 Å². The maximum Gasteiger partial charge on any atom is 0.125 e. The minimum atomic E-state index is 0.612. The molecule has 1 aliphatic heterocycles. The monoisotopic (exact) mass is 190 g/mol. The predicted octanol–water partition coefficient (Wildman–Crippen LogP) is 3.44. The molecule has 0 atom stereocenters. The smallest absolute Gasteiger partial charge is 0.125 e. The van der Waals surface area contributed by atoms with E-state index in [-0.39, 0.29) is 0 Å². The van der Waals surface area contributed by atoms with Crippen LogP contribution in [-0.2, 0) is 6.42 Å². The largest absolute Gasteiger partial charge is 0.493 e. The summed E-state index contributed by atoms with van der Waals surface area (Å²) < 4.78 is 5.69. The Bertz CT molecular complexity index is 339. The van der Waals surface area contributed by atoms with E-state index in [4.69, 9.17) is 4.74 Å². The third kappa shape index (κ3) is 1.63. The van der Waals surface area contributed by atoms with Gasteiger partial charge in [0.25, 0.3) is 0 Å². The number of ether oxygens (including phenoxy) is 1. The van der Waals surface area contributed by atoms with Crippen LogP contribution in [-0.4, -0.2) is 6.61 Å². The maximum absolute atomic E-state index is 5.69. The van der Waals surface area contributed by atoms with Gasteiger partial charge in [-0.2, -0.15) is 0 Å². The molecule has 0 aromatic heterocycles. The Morgan fingerprint density at radius 1 is 1.29 bits per heavy atom. The van der Waals surface area contributed by atoms with Crippen LogP contribution in [0.15, 0.2) is 12.1 Å².